The molecule has 1 aromatic rings. The average molecular weight is 340 g/mol. The molecule has 1 fully saturated rings. The molecule has 0 bridgehead atoms. The van der Waals surface area contributed by atoms with Gasteiger partial charge in [0.25, 0.3) is 0 Å². The molecule has 0 saturated heterocycles. The molecule has 0 unspecified atom stereocenters. The lowest BCUT2D eigenvalue weighted by molar-refractivity contribution is 0.394. The Hall–Kier alpha value is -0.530. The van der Waals surface area contributed by atoms with Gasteiger partial charge in [0.05, 0.1) is 0 Å². The third-order valence-electron chi connectivity index (χ3n) is 2.79. The third kappa shape index (κ3) is 3.07. The molecular formula is C11H12BrF2NO2S. The summed E-state index contributed by atoms with van der Waals surface area (Å²) in [7, 11) is -3.43. The van der Waals surface area contributed by atoms with Gasteiger partial charge in [0.2, 0.25) is 10.0 Å². The molecule has 1 aliphatic carbocycles. The number of hydrogen-bond donors (Lipinski definition) is 0. The van der Waals surface area contributed by atoms with E-state index in [1.165, 1.54) is 10.4 Å². The Balaban J connectivity index is 2.24. The van der Waals surface area contributed by atoms with E-state index in [1.54, 1.807) is 0 Å². The molecule has 0 spiro atoms. The van der Waals surface area contributed by atoms with Crippen molar-refractivity contribution >= 4 is 26.0 Å². The van der Waals surface area contributed by atoms with Crippen molar-refractivity contribution < 1.29 is 17.2 Å². The van der Waals surface area contributed by atoms with Crippen molar-refractivity contribution in [3.63, 3.8) is 0 Å². The van der Waals surface area contributed by atoms with Gasteiger partial charge in [-0.05, 0) is 18.9 Å². The van der Waals surface area contributed by atoms with Crippen LogP contribution >= 0.6 is 15.9 Å². The largest absolute Gasteiger partial charge is 0.224 e. The van der Waals surface area contributed by atoms with Gasteiger partial charge >= 0.3 is 0 Å². The molecule has 18 heavy (non-hydrogen) atoms. The van der Waals surface area contributed by atoms with Crippen molar-refractivity contribution in [2.45, 2.75) is 25.4 Å². The maximum absolute atomic E-state index is 13.5. The van der Waals surface area contributed by atoms with Crippen molar-refractivity contribution in [3.8, 4) is 0 Å². The minimum absolute atomic E-state index is 0.0509. The van der Waals surface area contributed by atoms with Crippen LogP contribution in [0.3, 0.4) is 0 Å². The molecular weight excluding hydrogens is 328 g/mol. The van der Waals surface area contributed by atoms with Gasteiger partial charge in [0.15, 0.2) is 0 Å². The number of nitrogens with zero attached hydrogens (tertiary/aromatic N) is 1. The molecule has 1 aromatic carbocycles. The first-order valence-electron chi connectivity index (χ1n) is 5.43. The summed E-state index contributed by atoms with van der Waals surface area (Å²) in [5.41, 5.74) is 0.188. The quantitative estimate of drug-likeness (QED) is 0.773. The first-order valence-corrected chi connectivity index (χ1v) is 8.16. The Morgan fingerprint density at radius 2 is 2.00 bits per heavy atom. The number of alkyl halides is 1. The second kappa shape index (κ2) is 5.22. The lowest BCUT2D eigenvalue weighted by Crippen LogP contribution is -2.33. The van der Waals surface area contributed by atoms with E-state index in [4.69, 9.17) is 0 Å². The smallest absolute Gasteiger partial charge is 0.211 e. The van der Waals surface area contributed by atoms with Crippen LogP contribution < -0.4 is 0 Å². The lowest BCUT2D eigenvalue weighted by Gasteiger charge is -2.20. The van der Waals surface area contributed by atoms with Crippen LogP contribution in [0.4, 0.5) is 8.78 Å². The zero-order chi connectivity index (χ0) is 13.3. The van der Waals surface area contributed by atoms with Crippen molar-refractivity contribution in [2.24, 2.45) is 0 Å². The standard InChI is InChI=1S/C11H12BrF2NO2S/c12-7-18(16,17)15(10-3-4-10)6-8-1-2-9(13)5-11(8)14/h1-2,5,10H,3-4,6-7H2. The van der Waals surface area contributed by atoms with Gasteiger partial charge in [-0.1, -0.05) is 22.0 Å². The van der Waals surface area contributed by atoms with Crippen LogP contribution in [0.25, 0.3) is 0 Å². The van der Waals surface area contributed by atoms with Crippen molar-refractivity contribution in [3.05, 3.63) is 35.4 Å². The summed E-state index contributed by atoms with van der Waals surface area (Å²) in [6, 6.07) is 3.12. The van der Waals surface area contributed by atoms with Crippen LogP contribution in [0.2, 0.25) is 0 Å². The maximum atomic E-state index is 13.5. The fourth-order valence-electron chi connectivity index (χ4n) is 1.70. The van der Waals surface area contributed by atoms with E-state index in [9.17, 15) is 17.2 Å². The summed E-state index contributed by atoms with van der Waals surface area (Å²) in [6.07, 6.45) is 1.57. The summed E-state index contributed by atoms with van der Waals surface area (Å²) in [4.78, 5) is 0. The maximum Gasteiger partial charge on any atom is 0.224 e. The van der Waals surface area contributed by atoms with E-state index in [0.717, 1.165) is 25.0 Å². The van der Waals surface area contributed by atoms with E-state index in [2.05, 4.69) is 15.9 Å². The van der Waals surface area contributed by atoms with Crippen LogP contribution in [-0.2, 0) is 16.6 Å². The zero-order valence-corrected chi connectivity index (χ0v) is 11.8. The Labute approximate surface area is 113 Å². The fourth-order valence-corrected chi connectivity index (χ4v) is 3.61. The Morgan fingerprint density at radius 1 is 1.33 bits per heavy atom. The second-order valence-corrected chi connectivity index (χ2v) is 7.46. The number of sulfonamides is 1. The molecule has 0 N–H and O–H groups in total. The fraction of sp³-hybridized carbons (Fsp3) is 0.455. The van der Waals surface area contributed by atoms with E-state index < -0.39 is 21.7 Å². The normalized spacial score (nSPS) is 16.2. The number of hydrogen-bond acceptors (Lipinski definition) is 2. The monoisotopic (exact) mass is 339 g/mol. The third-order valence-corrected chi connectivity index (χ3v) is 5.94. The predicted octanol–water partition coefficient (Wildman–Crippen LogP) is 2.61. The highest BCUT2D eigenvalue weighted by molar-refractivity contribution is 9.10. The van der Waals surface area contributed by atoms with Gasteiger partial charge in [-0.2, -0.15) is 4.31 Å². The van der Waals surface area contributed by atoms with Gasteiger partial charge in [0, 0.05) is 24.2 Å². The molecule has 100 valence electrons. The molecule has 0 aromatic heterocycles. The van der Waals surface area contributed by atoms with E-state index >= 15 is 0 Å². The van der Waals surface area contributed by atoms with Crippen molar-refractivity contribution in [2.75, 3.05) is 4.66 Å². The minimum atomic E-state index is -3.43. The van der Waals surface area contributed by atoms with Crippen LogP contribution in [0.1, 0.15) is 18.4 Å². The van der Waals surface area contributed by atoms with Crippen molar-refractivity contribution in [1.29, 1.82) is 0 Å². The molecule has 1 saturated carbocycles. The van der Waals surface area contributed by atoms with Gasteiger partial charge in [-0.3, -0.25) is 0 Å². The predicted molar refractivity (Wildman–Crippen MR) is 67.6 cm³/mol. The second-order valence-electron chi connectivity index (χ2n) is 4.23. The van der Waals surface area contributed by atoms with E-state index in [0.29, 0.717) is 0 Å². The van der Waals surface area contributed by atoms with Gasteiger partial charge in [0.1, 0.15) is 16.3 Å². The van der Waals surface area contributed by atoms with Crippen LogP contribution in [0, 0.1) is 11.6 Å². The minimum Gasteiger partial charge on any atom is -0.211 e. The van der Waals surface area contributed by atoms with E-state index in [-0.39, 0.29) is 22.8 Å². The highest BCUT2D eigenvalue weighted by atomic mass is 79.9. The van der Waals surface area contributed by atoms with Crippen molar-refractivity contribution in [1.82, 2.24) is 4.31 Å². The lowest BCUT2D eigenvalue weighted by atomic mass is 10.2. The van der Waals surface area contributed by atoms with Crippen LogP contribution in [0.15, 0.2) is 18.2 Å². The Kier molecular flexibility index (Phi) is 4.03. The molecule has 3 nitrogen and oxygen atoms in total. The summed E-state index contributed by atoms with van der Waals surface area (Å²) in [6.45, 7) is -0.0509. The molecule has 1 aliphatic rings. The number of rotatable bonds is 5. The number of benzene rings is 1. The molecule has 0 atom stereocenters. The summed E-state index contributed by atoms with van der Waals surface area (Å²) in [5.74, 6) is -1.39. The first kappa shape index (κ1) is 13.9. The topological polar surface area (TPSA) is 37.4 Å². The van der Waals surface area contributed by atoms with Gasteiger partial charge < -0.3 is 0 Å². The van der Waals surface area contributed by atoms with Crippen LogP contribution in [-0.4, -0.2) is 23.4 Å². The Bertz CT molecular complexity index is 546. The zero-order valence-electron chi connectivity index (χ0n) is 9.44. The number of halogens is 3. The summed E-state index contributed by atoms with van der Waals surface area (Å²) in [5, 5.41) is 0. The molecule has 7 heteroatoms. The molecule has 0 amide bonds. The summed E-state index contributed by atoms with van der Waals surface area (Å²) >= 11 is 2.93. The molecule has 0 radical (unpaired) electrons. The molecule has 0 heterocycles. The first-order chi connectivity index (χ1) is 8.44. The molecule has 0 aliphatic heterocycles. The van der Waals surface area contributed by atoms with Gasteiger partial charge in [-0.25, -0.2) is 17.2 Å². The van der Waals surface area contributed by atoms with Crippen LogP contribution in [0.5, 0.6) is 0 Å². The SMILES string of the molecule is O=S(=O)(CBr)N(Cc1ccc(F)cc1F)C1CC1. The van der Waals surface area contributed by atoms with E-state index in [1.807, 2.05) is 0 Å². The van der Waals surface area contributed by atoms with Gasteiger partial charge in [-0.15, -0.1) is 0 Å². The Morgan fingerprint density at radius 3 is 2.50 bits per heavy atom. The average Bonchev–Trinajstić information content (AvgIpc) is 3.11. The highest BCUT2D eigenvalue weighted by Gasteiger charge is 2.36. The highest BCUT2D eigenvalue weighted by Crippen LogP contribution is 2.31. The molecule has 2 rings (SSSR count). The summed E-state index contributed by atoms with van der Waals surface area (Å²) < 4.78 is 51.1.